The second kappa shape index (κ2) is 13.3. The van der Waals surface area contributed by atoms with Crippen LogP contribution in [-0.2, 0) is 6.42 Å². The molecule has 0 aliphatic carbocycles. The molecule has 0 atom stereocenters. The minimum Gasteiger partial charge on any atom is -0.0814 e. The average molecular weight is 643 g/mol. The van der Waals surface area contributed by atoms with Crippen LogP contribution in [0.5, 0.6) is 0 Å². The fourth-order valence-corrected chi connectivity index (χ4v) is 7.61. The van der Waals surface area contributed by atoms with Gasteiger partial charge in [-0.05, 0) is 132 Å². The van der Waals surface area contributed by atoms with Gasteiger partial charge in [0, 0.05) is 0 Å². The highest BCUT2D eigenvalue weighted by molar-refractivity contribution is 6.10. The number of fused-ring (bicyclic) bond motifs is 4. The van der Waals surface area contributed by atoms with Crippen molar-refractivity contribution in [2.45, 2.75) is 34.1 Å². The Morgan fingerprint density at radius 2 is 1.04 bits per heavy atom. The molecular weight excluding hydrogens is 601 g/mol. The van der Waals surface area contributed by atoms with Crippen molar-refractivity contribution < 1.29 is 0 Å². The summed E-state index contributed by atoms with van der Waals surface area (Å²) in [5.41, 5.74) is 14.3. The number of hydrogen-bond acceptors (Lipinski definition) is 0. The van der Waals surface area contributed by atoms with Gasteiger partial charge in [-0.3, -0.25) is 0 Å². The first-order chi connectivity index (χ1) is 24.4. The lowest BCUT2D eigenvalue weighted by Crippen LogP contribution is -2.02. The lowest BCUT2D eigenvalue weighted by atomic mass is 9.82. The van der Waals surface area contributed by atoms with Gasteiger partial charge in [-0.25, -0.2) is 0 Å². The largest absolute Gasteiger partial charge is 0.0814 e. The van der Waals surface area contributed by atoms with Gasteiger partial charge in [0.1, 0.15) is 0 Å². The van der Waals surface area contributed by atoms with E-state index in [2.05, 4.69) is 192 Å². The van der Waals surface area contributed by atoms with Gasteiger partial charge in [0.05, 0.1) is 0 Å². The van der Waals surface area contributed by atoms with Crippen molar-refractivity contribution in [3.8, 4) is 33.4 Å². The zero-order valence-electron chi connectivity index (χ0n) is 29.4. The molecule has 0 aromatic heterocycles. The van der Waals surface area contributed by atoms with Gasteiger partial charge < -0.3 is 0 Å². The maximum absolute atomic E-state index is 2.38. The van der Waals surface area contributed by atoms with Crippen molar-refractivity contribution in [1.82, 2.24) is 0 Å². The Bertz CT molecular complexity index is 2530. The van der Waals surface area contributed by atoms with Crippen molar-refractivity contribution in [1.29, 1.82) is 0 Å². The number of hydrogen-bond donors (Lipinski definition) is 0. The summed E-state index contributed by atoms with van der Waals surface area (Å²) in [4.78, 5) is 0. The summed E-state index contributed by atoms with van der Waals surface area (Å²) in [6.07, 6.45) is 5.58. The zero-order valence-corrected chi connectivity index (χ0v) is 29.4. The van der Waals surface area contributed by atoms with Crippen molar-refractivity contribution in [3.05, 3.63) is 186 Å². The lowest BCUT2D eigenvalue weighted by Gasteiger charge is -2.22. The molecule has 0 nitrogen and oxygen atoms in total. The molecule has 242 valence electrons. The van der Waals surface area contributed by atoms with E-state index >= 15 is 0 Å². The Labute approximate surface area is 296 Å². The molecule has 0 bridgehead atoms. The minimum absolute atomic E-state index is 0.471. The highest BCUT2D eigenvalue weighted by atomic mass is 14.2. The molecule has 50 heavy (non-hydrogen) atoms. The third-order valence-corrected chi connectivity index (χ3v) is 10.3. The van der Waals surface area contributed by atoms with Gasteiger partial charge in [0.15, 0.2) is 0 Å². The van der Waals surface area contributed by atoms with Gasteiger partial charge in [0.25, 0.3) is 0 Å². The topological polar surface area (TPSA) is 0 Å². The van der Waals surface area contributed by atoms with Crippen LogP contribution >= 0.6 is 0 Å². The van der Waals surface area contributed by atoms with E-state index in [-0.39, 0.29) is 0 Å². The molecule has 0 saturated heterocycles. The van der Waals surface area contributed by atoms with Gasteiger partial charge in [-0.2, -0.15) is 0 Å². The molecule has 8 aromatic rings. The average Bonchev–Trinajstić information content (AvgIpc) is 3.15. The molecule has 0 unspecified atom stereocenters. The van der Waals surface area contributed by atoms with Crippen LogP contribution in [0.1, 0.15) is 41.7 Å². The third kappa shape index (κ3) is 5.92. The molecule has 0 amide bonds. The standard InChI is InChI=1S/C50H42/c1-33(2)18-29-45-35(4)44-16-10-11-17-46(44)50(43-15-9-8-12-34(43)3)49(45)30-36-19-21-38(22-20-36)42-28-26-40-24-23-39-25-27-41(31-47(39)48(40)32-42)37-13-6-5-7-14-37/h5-29,31-33H,30H2,1-4H3/b29-18-. The van der Waals surface area contributed by atoms with Crippen molar-refractivity contribution in [3.63, 3.8) is 0 Å². The monoisotopic (exact) mass is 642 g/mol. The van der Waals surface area contributed by atoms with Crippen LogP contribution in [-0.4, -0.2) is 0 Å². The molecule has 0 spiro atoms. The molecule has 0 heteroatoms. The van der Waals surface area contributed by atoms with E-state index in [0.29, 0.717) is 5.92 Å². The SMILES string of the molecule is Cc1ccccc1-c1c(Cc2ccc(-c3ccc4ccc5ccc(-c6ccccc6)cc5c4c3)cc2)c(/C=C\C(C)C)c(C)c2ccccc12. The van der Waals surface area contributed by atoms with Crippen LogP contribution in [0.4, 0.5) is 0 Å². The van der Waals surface area contributed by atoms with E-state index in [0.717, 1.165) is 6.42 Å². The Morgan fingerprint density at radius 1 is 0.500 bits per heavy atom. The van der Waals surface area contributed by atoms with E-state index in [1.54, 1.807) is 0 Å². The van der Waals surface area contributed by atoms with Gasteiger partial charge in [-0.1, -0.05) is 166 Å². The van der Waals surface area contributed by atoms with E-state index in [9.17, 15) is 0 Å². The van der Waals surface area contributed by atoms with E-state index < -0.39 is 0 Å². The second-order valence-corrected chi connectivity index (χ2v) is 14.0. The van der Waals surface area contributed by atoms with E-state index in [1.807, 2.05) is 0 Å². The highest BCUT2D eigenvalue weighted by Gasteiger charge is 2.19. The third-order valence-electron chi connectivity index (χ3n) is 10.3. The van der Waals surface area contributed by atoms with Crippen LogP contribution in [0.25, 0.3) is 71.8 Å². The maximum atomic E-state index is 2.38. The van der Waals surface area contributed by atoms with E-state index in [1.165, 1.54) is 93.5 Å². The molecule has 0 heterocycles. The number of rotatable bonds is 7. The number of benzene rings is 8. The molecule has 0 saturated carbocycles. The predicted molar refractivity (Wildman–Crippen MR) is 218 cm³/mol. The smallest absolute Gasteiger partial charge is 0.00133 e. The lowest BCUT2D eigenvalue weighted by molar-refractivity contribution is 0.836. The van der Waals surface area contributed by atoms with Crippen molar-refractivity contribution >= 4 is 38.4 Å². The van der Waals surface area contributed by atoms with Crippen LogP contribution in [0.3, 0.4) is 0 Å². The molecule has 8 rings (SSSR count). The summed E-state index contributed by atoms with van der Waals surface area (Å²) < 4.78 is 0. The summed E-state index contributed by atoms with van der Waals surface area (Å²) in [6, 6.07) is 56.0. The molecule has 0 N–H and O–H groups in total. The zero-order chi connectivity index (χ0) is 34.2. The second-order valence-electron chi connectivity index (χ2n) is 14.0. The van der Waals surface area contributed by atoms with Gasteiger partial charge >= 0.3 is 0 Å². The molecule has 0 aliphatic rings. The normalized spacial score (nSPS) is 11.8. The van der Waals surface area contributed by atoms with Crippen LogP contribution in [0.2, 0.25) is 0 Å². The molecule has 0 fully saturated rings. The predicted octanol–water partition coefficient (Wildman–Crippen LogP) is 14.0. The maximum Gasteiger partial charge on any atom is -0.00133 e. The summed E-state index contributed by atoms with van der Waals surface area (Å²) in [6.45, 7) is 9.04. The summed E-state index contributed by atoms with van der Waals surface area (Å²) in [7, 11) is 0. The molecule has 8 aromatic carbocycles. The van der Waals surface area contributed by atoms with Crippen LogP contribution < -0.4 is 0 Å². The Balaban J connectivity index is 1.22. The minimum atomic E-state index is 0.471. The first kappa shape index (κ1) is 31.5. The summed E-state index contributed by atoms with van der Waals surface area (Å²) in [5, 5.41) is 7.76. The fraction of sp³-hybridized carbons (Fsp3) is 0.120. The van der Waals surface area contributed by atoms with E-state index in [4.69, 9.17) is 0 Å². The Hall–Kier alpha value is -5.72. The van der Waals surface area contributed by atoms with Gasteiger partial charge in [0.2, 0.25) is 0 Å². The highest BCUT2D eigenvalue weighted by Crippen LogP contribution is 2.41. The summed E-state index contributed by atoms with van der Waals surface area (Å²) >= 11 is 0. The Kier molecular flexibility index (Phi) is 8.39. The van der Waals surface area contributed by atoms with Crippen LogP contribution in [0, 0.1) is 19.8 Å². The quantitative estimate of drug-likeness (QED) is 0.152. The summed E-state index contributed by atoms with van der Waals surface area (Å²) in [5.74, 6) is 0.471. The Morgan fingerprint density at radius 3 is 1.68 bits per heavy atom. The van der Waals surface area contributed by atoms with Crippen molar-refractivity contribution in [2.24, 2.45) is 5.92 Å². The first-order valence-electron chi connectivity index (χ1n) is 17.8. The first-order valence-corrected chi connectivity index (χ1v) is 17.8. The number of allylic oxidation sites excluding steroid dienone is 1. The molecule has 0 radical (unpaired) electrons. The van der Waals surface area contributed by atoms with Crippen molar-refractivity contribution in [2.75, 3.05) is 0 Å². The van der Waals surface area contributed by atoms with Gasteiger partial charge in [-0.15, -0.1) is 0 Å². The molecule has 0 aliphatic heterocycles. The fourth-order valence-electron chi connectivity index (χ4n) is 7.61. The van der Waals surface area contributed by atoms with Crippen LogP contribution in [0.15, 0.2) is 158 Å². The number of aryl methyl sites for hydroxylation is 2. The molecular formula is C50H42.